The normalized spacial score (nSPS) is 11.7. The van der Waals surface area contributed by atoms with E-state index >= 15 is 0 Å². The van der Waals surface area contributed by atoms with E-state index in [1.54, 1.807) is 60.7 Å². The molecule has 0 aromatic heterocycles. The number of carbonyl (C=O) groups is 3. The Kier molecular flexibility index (Phi) is 8.44. The van der Waals surface area contributed by atoms with Crippen molar-refractivity contribution < 1.29 is 28.6 Å². The number of hydrogen-bond acceptors (Lipinski definition) is 7. The van der Waals surface area contributed by atoms with Gasteiger partial charge in [0.15, 0.2) is 18.1 Å². The monoisotopic (exact) mass is 542 g/mol. The first-order chi connectivity index (χ1) is 17.9. The lowest BCUT2D eigenvalue weighted by molar-refractivity contribution is -0.139. The number of ether oxygens (including phenoxy) is 3. The Morgan fingerprint density at radius 2 is 1.78 bits per heavy atom. The molecule has 3 amide bonds. The summed E-state index contributed by atoms with van der Waals surface area (Å²) in [7, 11) is 0. The molecule has 0 unspecified atom stereocenters. The molecule has 3 aromatic rings. The van der Waals surface area contributed by atoms with E-state index in [1.807, 2.05) is 0 Å². The summed E-state index contributed by atoms with van der Waals surface area (Å²) in [6.07, 6.45) is 1.34. The fourth-order valence-corrected chi connectivity index (χ4v) is 3.50. The number of amides is 3. The minimum atomic E-state index is -0.930. The van der Waals surface area contributed by atoms with Crippen molar-refractivity contribution in [3.63, 3.8) is 0 Å². The molecule has 12 heteroatoms. The van der Waals surface area contributed by atoms with Gasteiger partial charge in [0, 0.05) is 6.54 Å². The molecule has 0 spiro atoms. The third-order valence-electron chi connectivity index (χ3n) is 4.93. The van der Waals surface area contributed by atoms with Crippen LogP contribution in [0.4, 0.5) is 5.69 Å². The average Bonchev–Trinajstić information content (AvgIpc) is 3.37. The highest BCUT2D eigenvalue weighted by atomic mass is 35.5. The van der Waals surface area contributed by atoms with Crippen LogP contribution in [0.1, 0.15) is 11.1 Å². The van der Waals surface area contributed by atoms with Gasteiger partial charge in [-0.05, 0) is 47.5 Å². The molecule has 0 bridgehead atoms. The van der Waals surface area contributed by atoms with Gasteiger partial charge in [0.05, 0.1) is 21.9 Å². The van der Waals surface area contributed by atoms with E-state index in [-0.39, 0.29) is 25.0 Å². The van der Waals surface area contributed by atoms with Gasteiger partial charge in [0.2, 0.25) is 6.79 Å². The molecule has 1 heterocycles. The van der Waals surface area contributed by atoms with Crippen molar-refractivity contribution in [3.05, 3.63) is 81.8 Å². The fraction of sp³-hybridized carbons (Fsp3) is 0.120. The lowest BCUT2D eigenvalue weighted by Gasteiger charge is -2.09. The van der Waals surface area contributed by atoms with Crippen molar-refractivity contribution in [2.45, 2.75) is 6.54 Å². The molecule has 0 saturated heterocycles. The summed E-state index contributed by atoms with van der Waals surface area (Å²) >= 11 is 12.0. The summed E-state index contributed by atoms with van der Waals surface area (Å²) in [5.41, 5.74) is 3.85. The van der Waals surface area contributed by atoms with Crippen LogP contribution in [0.5, 0.6) is 17.2 Å². The maximum Gasteiger partial charge on any atom is 0.329 e. The average molecular weight is 543 g/mol. The van der Waals surface area contributed by atoms with Gasteiger partial charge in [-0.15, -0.1) is 0 Å². The lowest BCUT2D eigenvalue weighted by Crippen LogP contribution is -2.37. The highest BCUT2D eigenvalue weighted by Crippen LogP contribution is 2.32. The number of fused-ring (bicyclic) bond motifs is 1. The Balaban J connectivity index is 1.22. The topological polar surface area (TPSA) is 127 Å². The Bertz CT molecular complexity index is 1360. The van der Waals surface area contributed by atoms with Gasteiger partial charge in [0.1, 0.15) is 5.75 Å². The molecule has 1 aliphatic heterocycles. The predicted octanol–water partition coefficient (Wildman–Crippen LogP) is 3.51. The second kappa shape index (κ2) is 12.1. The molecule has 190 valence electrons. The van der Waals surface area contributed by atoms with Crippen molar-refractivity contribution in [2.75, 3.05) is 18.7 Å². The van der Waals surface area contributed by atoms with E-state index < -0.39 is 17.7 Å². The van der Waals surface area contributed by atoms with Crippen molar-refractivity contribution >= 4 is 52.8 Å². The number of carbonyl (C=O) groups excluding carboxylic acids is 3. The van der Waals surface area contributed by atoms with Crippen LogP contribution in [-0.4, -0.2) is 37.3 Å². The zero-order valence-electron chi connectivity index (χ0n) is 19.1. The SMILES string of the molecule is O=C(COc1cccc(/C=N\NC(=O)C(=O)NCc2ccc3c(c2)OCO3)c1)Nc1cccc(Cl)c1Cl. The third-order valence-corrected chi connectivity index (χ3v) is 5.75. The molecule has 4 rings (SSSR count). The molecule has 0 radical (unpaired) electrons. The lowest BCUT2D eigenvalue weighted by atomic mass is 10.2. The highest BCUT2D eigenvalue weighted by Gasteiger charge is 2.15. The summed E-state index contributed by atoms with van der Waals surface area (Å²) in [6.45, 7) is 0.00201. The van der Waals surface area contributed by atoms with Crippen LogP contribution in [0.25, 0.3) is 0 Å². The molecule has 0 saturated carbocycles. The van der Waals surface area contributed by atoms with Crippen LogP contribution in [0, 0.1) is 0 Å². The Morgan fingerprint density at radius 1 is 0.973 bits per heavy atom. The largest absolute Gasteiger partial charge is 0.484 e. The zero-order chi connectivity index (χ0) is 26.2. The van der Waals surface area contributed by atoms with Gasteiger partial charge in [-0.3, -0.25) is 14.4 Å². The summed E-state index contributed by atoms with van der Waals surface area (Å²) < 4.78 is 16.0. The molecule has 0 atom stereocenters. The van der Waals surface area contributed by atoms with Crippen molar-refractivity contribution in [2.24, 2.45) is 5.10 Å². The first kappa shape index (κ1) is 25.8. The van der Waals surface area contributed by atoms with Crippen LogP contribution in [0.15, 0.2) is 65.8 Å². The molecular formula is C25H20Cl2N4O6. The van der Waals surface area contributed by atoms with Crippen molar-refractivity contribution in [1.29, 1.82) is 0 Å². The van der Waals surface area contributed by atoms with Gasteiger partial charge >= 0.3 is 11.8 Å². The van der Waals surface area contributed by atoms with E-state index in [0.29, 0.717) is 33.5 Å². The molecular weight excluding hydrogens is 523 g/mol. The molecule has 0 fully saturated rings. The molecule has 3 aromatic carbocycles. The third kappa shape index (κ3) is 7.12. The van der Waals surface area contributed by atoms with Gasteiger partial charge in [-0.25, -0.2) is 5.43 Å². The molecule has 3 N–H and O–H groups in total. The van der Waals surface area contributed by atoms with Crippen LogP contribution in [0.3, 0.4) is 0 Å². The van der Waals surface area contributed by atoms with Crippen LogP contribution < -0.4 is 30.3 Å². The highest BCUT2D eigenvalue weighted by molar-refractivity contribution is 6.44. The summed E-state index contributed by atoms with van der Waals surface area (Å²) in [5.74, 6) is -0.606. The van der Waals surface area contributed by atoms with Gasteiger partial charge in [-0.1, -0.05) is 47.5 Å². The minimum Gasteiger partial charge on any atom is -0.484 e. The summed E-state index contributed by atoms with van der Waals surface area (Å²) in [5, 5.41) is 9.47. The molecule has 37 heavy (non-hydrogen) atoms. The number of hydrogen-bond donors (Lipinski definition) is 3. The van der Waals surface area contributed by atoms with E-state index in [9.17, 15) is 14.4 Å². The number of halogens is 2. The number of nitrogens with zero attached hydrogens (tertiary/aromatic N) is 1. The first-order valence-corrected chi connectivity index (χ1v) is 11.6. The van der Waals surface area contributed by atoms with E-state index in [2.05, 4.69) is 21.2 Å². The van der Waals surface area contributed by atoms with E-state index in [0.717, 1.165) is 5.56 Å². The van der Waals surface area contributed by atoms with Gasteiger partial charge in [-0.2, -0.15) is 5.10 Å². The molecule has 1 aliphatic rings. The zero-order valence-corrected chi connectivity index (χ0v) is 20.6. The predicted molar refractivity (Wildman–Crippen MR) is 137 cm³/mol. The number of nitrogens with one attached hydrogen (secondary N) is 3. The molecule has 0 aliphatic carbocycles. The Labute approximate surface area is 221 Å². The summed E-state index contributed by atoms with van der Waals surface area (Å²) in [4.78, 5) is 36.2. The number of benzene rings is 3. The Hall–Kier alpha value is -4.28. The van der Waals surface area contributed by atoms with Gasteiger partial charge in [0.25, 0.3) is 5.91 Å². The van der Waals surface area contributed by atoms with Gasteiger partial charge < -0.3 is 24.8 Å². The second-order valence-corrected chi connectivity index (χ2v) is 8.37. The van der Waals surface area contributed by atoms with E-state index in [1.165, 1.54) is 6.21 Å². The smallest absolute Gasteiger partial charge is 0.329 e. The maximum atomic E-state index is 12.2. The fourth-order valence-electron chi connectivity index (χ4n) is 3.15. The Morgan fingerprint density at radius 3 is 2.65 bits per heavy atom. The quantitative estimate of drug-likeness (QED) is 0.227. The van der Waals surface area contributed by atoms with Crippen LogP contribution >= 0.6 is 23.2 Å². The summed E-state index contributed by atoms with van der Waals surface area (Å²) in [6, 6.07) is 16.8. The van der Waals surface area contributed by atoms with Crippen molar-refractivity contribution in [3.8, 4) is 17.2 Å². The van der Waals surface area contributed by atoms with Crippen LogP contribution in [0.2, 0.25) is 10.0 Å². The van der Waals surface area contributed by atoms with Crippen LogP contribution in [-0.2, 0) is 20.9 Å². The number of anilines is 1. The number of rotatable bonds is 8. The maximum absolute atomic E-state index is 12.2. The number of hydrazone groups is 1. The second-order valence-electron chi connectivity index (χ2n) is 7.58. The minimum absolute atomic E-state index is 0.128. The standard InChI is InChI=1S/C25H20Cl2N4O6/c26-18-5-2-6-19(23(18)27)30-22(32)13-35-17-4-1-3-15(9-17)12-29-31-25(34)24(33)28-11-16-7-8-20-21(10-16)37-14-36-20/h1-10,12H,11,13-14H2,(H,28,33)(H,30,32)(H,31,34)/b29-12-. The van der Waals surface area contributed by atoms with Crippen molar-refractivity contribution in [1.82, 2.24) is 10.7 Å². The first-order valence-electron chi connectivity index (χ1n) is 10.9. The van der Waals surface area contributed by atoms with E-state index in [4.69, 9.17) is 37.4 Å². The molecule has 10 nitrogen and oxygen atoms in total.